The van der Waals surface area contributed by atoms with Crippen LogP contribution in [-0.2, 0) is 11.4 Å². The Morgan fingerprint density at radius 1 is 1.07 bits per heavy atom. The minimum absolute atomic E-state index is 0.0537. The molecule has 140 valence electrons. The number of carbonyl (C=O) groups excluding carboxylic acids is 1. The summed E-state index contributed by atoms with van der Waals surface area (Å²) < 4.78 is 5.83. The Morgan fingerprint density at radius 2 is 1.96 bits per heavy atom. The van der Waals surface area contributed by atoms with E-state index in [1.165, 1.54) is 31.3 Å². The van der Waals surface area contributed by atoms with Gasteiger partial charge in [-0.2, -0.15) is 0 Å². The Kier molecular flexibility index (Phi) is 7.28. The molecule has 0 saturated heterocycles. The maximum Gasteiger partial charge on any atom is 0.244 e. The first-order chi connectivity index (χ1) is 13.3. The molecule has 0 saturated carbocycles. The zero-order chi connectivity index (χ0) is 18.7. The van der Waals surface area contributed by atoms with E-state index in [1.807, 2.05) is 60.7 Å². The van der Waals surface area contributed by atoms with Crippen molar-refractivity contribution < 1.29 is 9.53 Å². The number of hydrogen-bond acceptors (Lipinski definition) is 2. The Labute approximate surface area is 161 Å². The Hall–Kier alpha value is -2.81. The summed E-state index contributed by atoms with van der Waals surface area (Å²) in [7, 11) is 0. The second-order valence-electron chi connectivity index (χ2n) is 6.83. The third-order valence-corrected chi connectivity index (χ3v) is 4.66. The predicted octanol–water partition coefficient (Wildman–Crippen LogP) is 5.29. The van der Waals surface area contributed by atoms with Crippen molar-refractivity contribution >= 4 is 12.0 Å². The normalized spacial score (nSPS) is 14.0. The molecular weight excluding hydrogens is 334 g/mol. The minimum atomic E-state index is -0.0537. The molecule has 0 fully saturated rings. The topological polar surface area (TPSA) is 38.3 Å². The molecule has 1 amide bonds. The SMILES string of the molecule is O=C(/C=C/c1cccc(OCc2ccccc2)c1)NCCC1=CCCCC1. The van der Waals surface area contributed by atoms with Crippen LogP contribution in [0, 0.1) is 0 Å². The van der Waals surface area contributed by atoms with Gasteiger partial charge in [-0.3, -0.25) is 4.79 Å². The zero-order valence-corrected chi connectivity index (χ0v) is 15.7. The fourth-order valence-electron chi connectivity index (χ4n) is 3.16. The molecule has 2 aromatic rings. The van der Waals surface area contributed by atoms with Crippen LogP contribution in [0.2, 0.25) is 0 Å². The van der Waals surface area contributed by atoms with E-state index in [9.17, 15) is 4.79 Å². The molecule has 0 bridgehead atoms. The summed E-state index contributed by atoms with van der Waals surface area (Å²) in [5.74, 6) is 0.743. The molecule has 0 spiro atoms. The highest BCUT2D eigenvalue weighted by Gasteiger charge is 2.04. The summed E-state index contributed by atoms with van der Waals surface area (Å²) in [6.07, 6.45) is 11.6. The van der Waals surface area contributed by atoms with Crippen molar-refractivity contribution in [3.63, 3.8) is 0 Å². The lowest BCUT2D eigenvalue weighted by Crippen LogP contribution is -2.22. The molecule has 0 heterocycles. The highest BCUT2D eigenvalue weighted by atomic mass is 16.5. The highest BCUT2D eigenvalue weighted by Crippen LogP contribution is 2.19. The van der Waals surface area contributed by atoms with E-state index in [2.05, 4.69) is 11.4 Å². The van der Waals surface area contributed by atoms with Crippen LogP contribution in [0.4, 0.5) is 0 Å². The molecule has 0 aliphatic heterocycles. The van der Waals surface area contributed by atoms with Gasteiger partial charge in [0.25, 0.3) is 0 Å². The van der Waals surface area contributed by atoms with E-state index >= 15 is 0 Å². The molecule has 0 radical (unpaired) electrons. The highest BCUT2D eigenvalue weighted by molar-refractivity contribution is 5.91. The van der Waals surface area contributed by atoms with Gasteiger partial charge in [0.15, 0.2) is 0 Å². The van der Waals surface area contributed by atoms with Crippen molar-refractivity contribution in [2.45, 2.75) is 38.7 Å². The van der Waals surface area contributed by atoms with E-state index in [1.54, 1.807) is 6.08 Å². The fraction of sp³-hybridized carbons (Fsp3) is 0.292. The van der Waals surface area contributed by atoms with Gasteiger partial charge in [-0.1, -0.05) is 54.1 Å². The first-order valence-corrected chi connectivity index (χ1v) is 9.70. The van der Waals surface area contributed by atoms with Crippen LogP contribution in [0.3, 0.4) is 0 Å². The number of rotatable bonds is 8. The predicted molar refractivity (Wildman–Crippen MR) is 110 cm³/mol. The first-order valence-electron chi connectivity index (χ1n) is 9.70. The van der Waals surface area contributed by atoms with E-state index in [-0.39, 0.29) is 5.91 Å². The second-order valence-corrected chi connectivity index (χ2v) is 6.83. The summed E-state index contributed by atoms with van der Waals surface area (Å²) in [6.45, 7) is 1.24. The van der Waals surface area contributed by atoms with Crippen molar-refractivity contribution in [2.75, 3.05) is 6.54 Å². The van der Waals surface area contributed by atoms with E-state index in [0.717, 1.165) is 23.3 Å². The van der Waals surface area contributed by atoms with Crippen molar-refractivity contribution in [3.8, 4) is 5.75 Å². The summed E-state index contributed by atoms with van der Waals surface area (Å²) in [5, 5.41) is 2.96. The molecule has 1 aliphatic carbocycles. The largest absolute Gasteiger partial charge is 0.489 e. The molecule has 2 aromatic carbocycles. The van der Waals surface area contributed by atoms with Crippen LogP contribution < -0.4 is 10.1 Å². The van der Waals surface area contributed by atoms with Gasteiger partial charge >= 0.3 is 0 Å². The van der Waals surface area contributed by atoms with E-state index < -0.39 is 0 Å². The van der Waals surface area contributed by atoms with Gasteiger partial charge in [-0.25, -0.2) is 0 Å². The van der Waals surface area contributed by atoms with Gasteiger partial charge in [-0.05, 0) is 61.4 Å². The van der Waals surface area contributed by atoms with Crippen molar-refractivity contribution in [1.29, 1.82) is 0 Å². The van der Waals surface area contributed by atoms with Crippen molar-refractivity contribution in [1.82, 2.24) is 5.32 Å². The summed E-state index contributed by atoms with van der Waals surface area (Å²) in [6, 6.07) is 17.8. The van der Waals surface area contributed by atoms with Crippen LogP contribution in [0.5, 0.6) is 5.75 Å². The monoisotopic (exact) mass is 361 g/mol. The van der Waals surface area contributed by atoms with Gasteiger partial charge in [-0.15, -0.1) is 0 Å². The lowest BCUT2D eigenvalue weighted by molar-refractivity contribution is -0.116. The minimum Gasteiger partial charge on any atom is -0.489 e. The first kappa shape index (κ1) is 19.0. The summed E-state index contributed by atoms with van der Waals surface area (Å²) >= 11 is 0. The number of amides is 1. The zero-order valence-electron chi connectivity index (χ0n) is 15.7. The van der Waals surface area contributed by atoms with Crippen molar-refractivity contribution in [2.24, 2.45) is 0 Å². The summed E-state index contributed by atoms with van der Waals surface area (Å²) in [4.78, 5) is 12.0. The summed E-state index contributed by atoms with van der Waals surface area (Å²) in [5.41, 5.74) is 3.56. The second kappa shape index (κ2) is 10.4. The maximum absolute atomic E-state index is 12.0. The molecule has 0 atom stereocenters. The van der Waals surface area contributed by atoms with Gasteiger partial charge in [0.05, 0.1) is 0 Å². The van der Waals surface area contributed by atoms with Gasteiger partial charge in [0, 0.05) is 12.6 Å². The molecule has 1 N–H and O–H groups in total. The lowest BCUT2D eigenvalue weighted by Gasteiger charge is -2.12. The van der Waals surface area contributed by atoms with Gasteiger partial charge in [0.2, 0.25) is 5.91 Å². The molecule has 0 unspecified atom stereocenters. The number of hydrogen-bond donors (Lipinski definition) is 1. The molecule has 1 aliphatic rings. The quantitative estimate of drug-likeness (QED) is 0.513. The number of nitrogens with one attached hydrogen (secondary N) is 1. The molecule has 0 aromatic heterocycles. The molecule has 27 heavy (non-hydrogen) atoms. The van der Waals surface area contributed by atoms with E-state index in [0.29, 0.717) is 13.2 Å². The van der Waals surface area contributed by atoms with Crippen LogP contribution >= 0.6 is 0 Å². The number of ether oxygens (including phenoxy) is 1. The molecule has 3 rings (SSSR count). The smallest absolute Gasteiger partial charge is 0.244 e. The number of allylic oxidation sites excluding steroid dienone is 1. The van der Waals surface area contributed by atoms with Crippen LogP contribution in [-0.4, -0.2) is 12.5 Å². The van der Waals surface area contributed by atoms with Gasteiger partial charge in [0.1, 0.15) is 12.4 Å². The average molecular weight is 361 g/mol. The number of benzene rings is 2. The van der Waals surface area contributed by atoms with Gasteiger partial charge < -0.3 is 10.1 Å². The molecular formula is C24H27NO2. The standard InChI is InChI=1S/C24H27NO2/c26-24(25-17-16-20-8-3-1-4-9-20)15-14-21-12-7-13-23(18-21)27-19-22-10-5-2-6-11-22/h2,5-8,10-15,18H,1,3-4,9,16-17,19H2,(H,25,26)/b15-14+. The third-order valence-electron chi connectivity index (χ3n) is 4.66. The molecule has 3 nitrogen and oxygen atoms in total. The van der Waals surface area contributed by atoms with E-state index in [4.69, 9.17) is 4.74 Å². The van der Waals surface area contributed by atoms with Crippen LogP contribution in [0.1, 0.15) is 43.2 Å². The van der Waals surface area contributed by atoms with Crippen molar-refractivity contribution in [3.05, 3.63) is 83.4 Å². The fourth-order valence-corrected chi connectivity index (χ4v) is 3.16. The van der Waals surface area contributed by atoms with Crippen LogP contribution in [0.25, 0.3) is 6.08 Å². The van der Waals surface area contributed by atoms with Crippen LogP contribution in [0.15, 0.2) is 72.3 Å². The lowest BCUT2D eigenvalue weighted by atomic mass is 9.97. The Balaban J connectivity index is 1.45. The Morgan fingerprint density at radius 3 is 2.78 bits per heavy atom. The Bertz CT molecular complexity index is 793. The third kappa shape index (κ3) is 6.78. The number of carbonyl (C=O) groups is 1. The average Bonchev–Trinajstić information content (AvgIpc) is 2.73. The maximum atomic E-state index is 12.0. The molecule has 3 heteroatoms.